The van der Waals surface area contributed by atoms with Crippen LogP contribution >= 0.6 is 0 Å². The maximum Gasteiger partial charge on any atom is 0.0468 e. The second-order valence-corrected chi connectivity index (χ2v) is 13.7. The highest BCUT2D eigenvalue weighted by Gasteiger charge is 2.23. The fourth-order valence-corrected chi connectivity index (χ4v) is 8.22. The summed E-state index contributed by atoms with van der Waals surface area (Å²) in [5, 5.41) is 9.99. The van der Waals surface area contributed by atoms with E-state index in [2.05, 4.69) is 217 Å². The molecule has 10 aromatic rings. The van der Waals surface area contributed by atoms with Crippen LogP contribution in [0.4, 0.5) is 17.1 Å². The van der Waals surface area contributed by atoms with Gasteiger partial charge in [0, 0.05) is 17.1 Å². The molecule has 10 aromatic carbocycles. The Kier molecular flexibility index (Phi) is 7.55. The molecule has 0 spiro atoms. The summed E-state index contributed by atoms with van der Waals surface area (Å²) in [6.45, 7) is 0. The third-order valence-corrected chi connectivity index (χ3v) is 10.6. The standard InChI is InChI=1S/C52H35N/c1-5-18-37(19-6-1)47-35-48(40-30-29-36-17-13-14-22-39(36)33-40)51-45-28-16-15-27-44(45)49-34-43(31-32-46(49)52(51)50(47)38-20-7-2-8-21-38)53(41-23-9-3-10-24-41)42-25-11-4-12-26-42/h1-35H. The first-order valence-corrected chi connectivity index (χ1v) is 18.3. The Morgan fingerprint density at radius 1 is 0.264 bits per heavy atom. The summed E-state index contributed by atoms with van der Waals surface area (Å²) in [6.07, 6.45) is 0. The molecular formula is C52H35N. The lowest BCUT2D eigenvalue weighted by atomic mass is 9.81. The maximum absolute atomic E-state index is 2.45. The van der Waals surface area contributed by atoms with Gasteiger partial charge in [-0.05, 0) is 125 Å². The highest BCUT2D eigenvalue weighted by atomic mass is 15.1. The molecule has 0 radical (unpaired) electrons. The van der Waals surface area contributed by atoms with Crippen molar-refractivity contribution >= 4 is 60.2 Å². The van der Waals surface area contributed by atoms with Crippen LogP contribution < -0.4 is 4.90 Å². The highest BCUT2D eigenvalue weighted by molar-refractivity contribution is 6.33. The third kappa shape index (κ3) is 5.34. The molecule has 1 nitrogen and oxygen atoms in total. The van der Waals surface area contributed by atoms with Crippen LogP contribution in [0.1, 0.15) is 0 Å². The Hall–Kier alpha value is -6.96. The average Bonchev–Trinajstić information content (AvgIpc) is 3.24. The molecule has 0 unspecified atom stereocenters. The summed E-state index contributed by atoms with van der Waals surface area (Å²) in [4.78, 5) is 2.36. The summed E-state index contributed by atoms with van der Waals surface area (Å²) in [7, 11) is 0. The van der Waals surface area contributed by atoms with Crippen molar-refractivity contribution in [3.05, 3.63) is 212 Å². The molecular weight excluding hydrogens is 639 g/mol. The summed E-state index contributed by atoms with van der Waals surface area (Å²) in [5.74, 6) is 0. The van der Waals surface area contributed by atoms with Crippen molar-refractivity contribution in [2.75, 3.05) is 4.90 Å². The van der Waals surface area contributed by atoms with Crippen LogP contribution in [0.5, 0.6) is 0 Å². The normalized spacial score (nSPS) is 11.4. The number of fused-ring (bicyclic) bond motifs is 7. The van der Waals surface area contributed by atoms with E-state index in [4.69, 9.17) is 0 Å². The minimum atomic E-state index is 1.12. The van der Waals surface area contributed by atoms with E-state index in [1.807, 2.05) is 0 Å². The second kappa shape index (κ2) is 13.0. The Balaban J connectivity index is 1.38. The zero-order valence-electron chi connectivity index (χ0n) is 29.2. The van der Waals surface area contributed by atoms with Gasteiger partial charge < -0.3 is 4.90 Å². The molecule has 0 amide bonds. The molecule has 0 N–H and O–H groups in total. The Morgan fingerprint density at radius 3 is 1.49 bits per heavy atom. The summed E-state index contributed by atoms with van der Waals surface area (Å²) >= 11 is 0. The van der Waals surface area contributed by atoms with E-state index in [1.54, 1.807) is 0 Å². The molecule has 0 aliphatic heterocycles. The molecule has 0 saturated heterocycles. The van der Waals surface area contributed by atoms with Crippen molar-refractivity contribution in [3.8, 4) is 33.4 Å². The fraction of sp³-hybridized carbons (Fsp3) is 0. The first kappa shape index (κ1) is 30.8. The van der Waals surface area contributed by atoms with Crippen molar-refractivity contribution in [2.24, 2.45) is 0 Å². The van der Waals surface area contributed by atoms with Gasteiger partial charge in [-0.15, -0.1) is 0 Å². The average molecular weight is 674 g/mol. The predicted molar refractivity (Wildman–Crippen MR) is 227 cm³/mol. The number of para-hydroxylation sites is 2. The minimum absolute atomic E-state index is 1.12. The number of hydrogen-bond donors (Lipinski definition) is 0. The van der Waals surface area contributed by atoms with Gasteiger partial charge in [0.1, 0.15) is 0 Å². The molecule has 0 aromatic heterocycles. The van der Waals surface area contributed by atoms with Gasteiger partial charge in [-0.1, -0.05) is 164 Å². The van der Waals surface area contributed by atoms with Gasteiger partial charge >= 0.3 is 0 Å². The van der Waals surface area contributed by atoms with E-state index >= 15 is 0 Å². The topological polar surface area (TPSA) is 3.24 Å². The van der Waals surface area contributed by atoms with Crippen molar-refractivity contribution in [1.29, 1.82) is 0 Å². The molecule has 53 heavy (non-hydrogen) atoms. The zero-order valence-corrected chi connectivity index (χ0v) is 29.2. The van der Waals surface area contributed by atoms with E-state index < -0.39 is 0 Å². The lowest BCUT2D eigenvalue weighted by Crippen LogP contribution is -2.09. The van der Waals surface area contributed by atoms with Gasteiger partial charge in [-0.3, -0.25) is 0 Å². The molecule has 248 valence electrons. The van der Waals surface area contributed by atoms with Crippen LogP contribution in [-0.4, -0.2) is 0 Å². The molecule has 1 heteroatoms. The van der Waals surface area contributed by atoms with Crippen molar-refractivity contribution < 1.29 is 0 Å². The molecule has 0 aliphatic carbocycles. The van der Waals surface area contributed by atoms with Crippen molar-refractivity contribution in [1.82, 2.24) is 0 Å². The van der Waals surface area contributed by atoms with Gasteiger partial charge in [-0.25, -0.2) is 0 Å². The van der Waals surface area contributed by atoms with Gasteiger partial charge in [0.05, 0.1) is 0 Å². The van der Waals surface area contributed by atoms with Gasteiger partial charge in [0.2, 0.25) is 0 Å². The number of hydrogen-bond acceptors (Lipinski definition) is 1. The number of anilines is 3. The van der Waals surface area contributed by atoms with Gasteiger partial charge in [0.25, 0.3) is 0 Å². The first-order valence-electron chi connectivity index (χ1n) is 18.3. The van der Waals surface area contributed by atoms with Crippen LogP contribution in [0.3, 0.4) is 0 Å². The fourth-order valence-electron chi connectivity index (χ4n) is 8.22. The minimum Gasteiger partial charge on any atom is -0.310 e. The van der Waals surface area contributed by atoms with E-state index in [1.165, 1.54) is 76.5 Å². The van der Waals surface area contributed by atoms with Crippen molar-refractivity contribution in [2.45, 2.75) is 0 Å². The van der Waals surface area contributed by atoms with E-state index in [0.717, 1.165) is 17.1 Å². The SMILES string of the molecule is c1ccc(-c2cc(-c3ccc4ccccc4c3)c3c4ccccc4c4cc(N(c5ccccc5)c5ccccc5)ccc4c3c2-c2ccccc2)cc1. The maximum atomic E-state index is 2.45. The molecule has 0 bridgehead atoms. The number of nitrogens with zero attached hydrogens (tertiary/aromatic N) is 1. The number of benzene rings is 10. The molecule has 0 saturated carbocycles. The monoisotopic (exact) mass is 673 g/mol. The largest absolute Gasteiger partial charge is 0.310 e. The van der Waals surface area contributed by atoms with E-state index in [0.29, 0.717) is 0 Å². The molecule has 0 heterocycles. The Labute approximate surface area is 309 Å². The zero-order chi connectivity index (χ0) is 35.1. The van der Waals surface area contributed by atoms with Crippen LogP contribution in [-0.2, 0) is 0 Å². The van der Waals surface area contributed by atoms with Crippen LogP contribution in [0.25, 0.3) is 76.5 Å². The van der Waals surface area contributed by atoms with Gasteiger partial charge in [-0.2, -0.15) is 0 Å². The second-order valence-electron chi connectivity index (χ2n) is 13.7. The summed E-state index contributed by atoms with van der Waals surface area (Å²) in [6, 6.07) is 77.3. The lowest BCUT2D eigenvalue weighted by molar-refractivity contribution is 1.29. The first-order chi connectivity index (χ1) is 26.3. The van der Waals surface area contributed by atoms with Crippen LogP contribution in [0, 0.1) is 0 Å². The highest BCUT2D eigenvalue weighted by Crippen LogP contribution is 2.50. The van der Waals surface area contributed by atoms with Gasteiger partial charge in [0.15, 0.2) is 0 Å². The Morgan fingerprint density at radius 2 is 0.811 bits per heavy atom. The molecule has 10 rings (SSSR count). The lowest BCUT2D eigenvalue weighted by Gasteiger charge is -2.27. The molecule has 0 fully saturated rings. The summed E-state index contributed by atoms with van der Waals surface area (Å²) in [5.41, 5.74) is 10.7. The van der Waals surface area contributed by atoms with E-state index in [-0.39, 0.29) is 0 Å². The Bertz CT molecular complexity index is 2880. The van der Waals surface area contributed by atoms with E-state index in [9.17, 15) is 0 Å². The van der Waals surface area contributed by atoms with Crippen LogP contribution in [0.2, 0.25) is 0 Å². The molecule has 0 atom stereocenters. The third-order valence-electron chi connectivity index (χ3n) is 10.6. The van der Waals surface area contributed by atoms with Crippen LogP contribution in [0.15, 0.2) is 212 Å². The predicted octanol–water partition coefficient (Wildman–Crippen LogP) is 14.8. The number of rotatable bonds is 6. The summed E-state index contributed by atoms with van der Waals surface area (Å²) < 4.78 is 0. The quantitative estimate of drug-likeness (QED) is 0.159. The smallest absolute Gasteiger partial charge is 0.0468 e. The molecule has 0 aliphatic rings. The van der Waals surface area contributed by atoms with Crippen molar-refractivity contribution in [3.63, 3.8) is 0 Å².